The Balaban J connectivity index is 1.70. The summed E-state index contributed by atoms with van der Waals surface area (Å²) in [5.74, 6) is 1.44. The van der Waals surface area contributed by atoms with Gasteiger partial charge in [0.05, 0.1) is 51.6 Å². The molecule has 2 heterocycles. The quantitative estimate of drug-likeness (QED) is 0.474. The van der Waals surface area contributed by atoms with Gasteiger partial charge in [0.1, 0.15) is 5.75 Å². The van der Waals surface area contributed by atoms with E-state index in [2.05, 4.69) is 15.4 Å². The number of benzene rings is 2. The van der Waals surface area contributed by atoms with Gasteiger partial charge in [-0.2, -0.15) is 0 Å². The van der Waals surface area contributed by atoms with Gasteiger partial charge in [0.15, 0.2) is 17.1 Å². The molecule has 4 rings (SSSR count). The van der Waals surface area contributed by atoms with E-state index >= 15 is 0 Å². The molecule has 0 atom stereocenters. The predicted octanol–water partition coefficient (Wildman–Crippen LogP) is 3.68. The number of methoxy groups -OCH3 is 4. The van der Waals surface area contributed by atoms with Crippen molar-refractivity contribution in [2.24, 2.45) is 0 Å². The molecular weight excluding hydrogens is 412 g/mol. The fourth-order valence-electron chi connectivity index (χ4n) is 3.33. The van der Waals surface area contributed by atoms with Crippen molar-refractivity contribution in [3.63, 3.8) is 0 Å². The predicted molar refractivity (Wildman–Crippen MR) is 119 cm³/mol. The maximum atomic E-state index is 13.0. The maximum Gasteiger partial charge on any atom is 0.259 e. The Labute approximate surface area is 184 Å². The number of para-hydroxylation sites is 1. The van der Waals surface area contributed by atoms with Crippen molar-refractivity contribution in [3.05, 3.63) is 60.3 Å². The molecule has 0 radical (unpaired) electrons. The highest BCUT2D eigenvalue weighted by molar-refractivity contribution is 6.07. The van der Waals surface area contributed by atoms with Crippen LogP contribution in [-0.2, 0) is 0 Å². The van der Waals surface area contributed by atoms with Gasteiger partial charge >= 0.3 is 0 Å². The topological polar surface area (TPSA) is 96.2 Å². The number of ether oxygens (including phenoxy) is 4. The standard InChI is InChI=1S/C23H22N4O5/c1-29-18-9-8-14(17-13-27-20(24-17)10-11-21(26-27)31-3)12-16(18)25-23(28)15-6-5-7-19(30-2)22(15)32-4/h5-13H,1-4H3,(H,25,28). The third kappa shape index (κ3) is 3.87. The zero-order valence-corrected chi connectivity index (χ0v) is 18.1. The van der Waals surface area contributed by atoms with Gasteiger partial charge in [-0.25, -0.2) is 9.50 Å². The summed E-state index contributed by atoms with van der Waals surface area (Å²) in [6.45, 7) is 0. The number of rotatable bonds is 7. The van der Waals surface area contributed by atoms with E-state index in [-0.39, 0.29) is 5.91 Å². The molecule has 2 aromatic heterocycles. The van der Waals surface area contributed by atoms with Gasteiger partial charge in [0.25, 0.3) is 5.91 Å². The number of carbonyl (C=O) groups excluding carboxylic acids is 1. The molecule has 4 aromatic rings. The number of nitrogens with zero attached hydrogens (tertiary/aromatic N) is 3. The Kier molecular flexibility index (Phi) is 5.80. The summed E-state index contributed by atoms with van der Waals surface area (Å²) in [7, 11) is 6.10. The van der Waals surface area contributed by atoms with Gasteiger partial charge in [-0.05, 0) is 36.4 Å². The molecule has 0 aliphatic heterocycles. The highest BCUT2D eigenvalue weighted by atomic mass is 16.5. The van der Waals surface area contributed by atoms with Gasteiger partial charge in [-0.3, -0.25) is 4.79 Å². The fraction of sp³-hybridized carbons (Fsp3) is 0.174. The minimum Gasteiger partial charge on any atom is -0.495 e. The lowest BCUT2D eigenvalue weighted by Gasteiger charge is -2.14. The lowest BCUT2D eigenvalue weighted by molar-refractivity contribution is 0.102. The number of amides is 1. The minimum absolute atomic E-state index is 0.336. The third-order valence-corrected chi connectivity index (χ3v) is 4.90. The monoisotopic (exact) mass is 434 g/mol. The van der Waals surface area contributed by atoms with Crippen LogP contribution in [0.25, 0.3) is 16.9 Å². The highest BCUT2D eigenvalue weighted by Crippen LogP contribution is 2.34. The molecule has 0 saturated carbocycles. The summed E-state index contributed by atoms with van der Waals surface area (Å²) in [6, 6.07) is 14.1. The second-order valence-electron chi connectivity index (χ2n) is 6.71. The van der Waals surface area contributed by atoms with E-state index in [9.17, 15) is 4.79 Å². The van der Waals surface area contributed by atoms with Crippen LogP contribution in [0.1, 0.15) is 10.4 Å². The molecular formula is C23H22N4O5. The fourth-order valence-corrected chi connectivity index (χ4v) is 3.33. The maximum absolute atomic E-state index is 13.0. The second kappa shape index (κ2) is 8.84. The van der Waals surface area contributed by atoms with E-state index < -0.39 is 0 Å². The molecule has 2 aromatic carbocycles. The van der Waals surface area contributed by atoms with Crippen LogP contribution in [0, 0.1) is 0 Å². The van der Waals surface area contributed by atoms with Crippen LogP contribution in [0.15, 0.2) is 54.7 Å². The first kappa shape index (κ1) is 21.0. The van der Waals surface area contributed by atoms with Gasteiger partial charge in [-0.1, -0.05) is 6.07 Å². The Bertz CT molecular complexity index is 1280. The normalized spacial score (nSPS) is 10.6. The molecule has 1 N–H and O–H groups in total. The number of imidazole rings is 1. The van der Waals surface area contributed by atoms with Gasteiger partial charge < -0.3 is 24.3 Å². The number of nitrogens with one attached hydrogen (secondary N) is 1. The molecule has 0 aliphatic carbocycles. The van der Waals surface area contributed by atoms with Gasteiger partial charge in [0, 0.05) is 11.6 Å². The van der Waals surface area contributed by atoms with Crippen molar-refractivity contribution in [1.29, 1.82) is 0 Å². The van der Waals surface area contributed by atoms with E-state index in [1.54, 1.807) is 54.2 Å². The zero-order chi connectivity index (χ0) is 22.7. The van der Waals surface area contributed by atoms with Crippen LogP contribution in [-0.4, -0.2) is 48.9 Å². The Hall–Kier alpha value is -4.27. The lowest BCUT2D eigenvalue weighted by Crippen LogP contribution is -2.14. The molecule has 0 fully saturated rings. The largest absolute Gasteiger partial charge is 0.495 e. The Morgan fingerprint density at radius 1 is 0.906 bits per heavy atom. The summed E-state index contributed by atoms with van der Waals surface area (Å²) in [5.41, 5.74) is 2.96. The Morgan fingerprint density at radius 3 is 2.44 bits per heavy atom. The first-order valence-electron chi connectivity index (χ1n) is 9.69. The van der Waals surface area contributed by atoms with Crippen LogP contribution in [0.5, 0.6) is 23.1 Å². The van der Waals surface area contributed by atoms with Crippen LogP contribution >= 0.6 is 0 Å². The second-order valence-corrected chi connectivity index (χ2v) is 6.71. The minimum atomic E-state index is -0.363. The van der Waals surface area contributed by atoms with E-state index in [1.807, 2.05) is 12.1 Å². The molecule has 0 bridgehead atoms. The molecule has 9 heteroatoms. The average molecular weight is 434 g/mol. The number of fused-ring (bicyclic) bond motifs is 1. The summed E-state index contributed by atoms with van der Waals surface area (Å²) in [6.07, 6.45) is 1.79. The average Bonchev–Trinajstić information content (AvgIpc) is 3.26. The summed E-state index contributed by atoms with van der Waals surface area (Å²) in [5, 5.41) is 7.23. The molecule has 32 heavy (non-hydrogen) atoms. The van der Waals surface area contributed by atoms with Crippen molar-refractivity contribution < 1.29 is 23.7 Å². The number of anilines is 1. The van der Waals surface area contributed by atoms with Crippen molar-refractivity contribution in [2.45, 2.75) is 0 Å². The molecule has 164 valence electrons. The van der Waals surface area contributed by atoms with E-state index in [0.29, 0.717) is 45.7 Å². The molecule has 0 spiro atoms. The lowest BCUT2D eigenvalue weighted by atomic mass is 10.1. The number of hydrogen-bond donors (Lipinski definition) is 1. The summed E-state index contributed by atoms with van der Waals surface area (Å²) >= 11 is 0. The molecule has 9 nitrogen and oxygen atoms in total. The molecule has 0 aliphatic rings. The van der Waals surface area contributed by atoms with Crippen LogP contribution in [0.4, 0.5) is 5.69 Å². The SMILES string of the molecule is COc1ccc2nc(-c3ccc(OC)c(NC(=O)c4cccc(OC)c4OC)c3)cn2n1. The van der Waals surface area contributed by atoms with E-state index in [1.165, 1.54) is 21.3 Å². The van der Waals surface area contributed by atoms with Crippen molar-refractivity contribution >= 4 is 17.2 Å². The highest BCUT2D eigenvalue weighted by Gasteiger charge is 2.18. The van der Waals surface area contributed by atoms with Crippen LogP contribution < -0.4 is 24.3 Å². The summed E-state index contributed by atoms with van der Waals surface area (Å²) < 4.78 is 22.9. The Morgan fingerprint density at radius 2 is 1.72 bits per heavy atom. The van der Waals surface area contributed by atoms with Gasteiger partial charge in [-0.15, -0.1) is 5.10 Å². The summed E-state index contributed by atoms with van der Waals surface area (Å²) in [4.78, 5) is 17.6. The first-order valence-corrected chi connectivity index (χ1v) is 9.69. The van der Waals surface area contributed by atoms with E-state index in [0.717, 1.165) is 5.56 Å². The molecule has 0 saturated heterocycles. The smallest absolute Gasteiger partial charge is 0.259 e. The molecule has 0 unspecified atom stereocenters. The number of aromatic nitrogens is 3. The van der Waals surface area contributed by atoms with E-state index in [4.69, 9.17) is 18.9 Å². The number of hydrogen-bond acceptors (Lipinski definition) is 7. The number of carbonyl (C=O) groups is 1. The van der Waals surface area contributed by atoms with Gasteiger partial charge in [0.2, 0.25) is 5.88 Å². The first-order chi connectivity index (χ1) is 15.6. The van der Waals surface area contributed by atoms with Crippen molar-refractivity contribution in [3.8, 4) is 34.4 Å². The van der Waals surface area contributed by atoms with Crippen LogP contribution in [0.3, 0.4) is 0 Å². The van der Waals surface area contributed by atoms with Crippen molar-refractivity contribution in [2.75, 3.05) is 33.8 Å². The zero-order valence-electron chi connectivity index (χ0n) is 18.1. The molecule has 1 amide bonds. The van der Waals surface area contributed by atoms with Crippen molar-refractivity contribution in [1.82, 2.24) is 14.6 Å². The van der Waals surface area contributed by atoms with Crippen LogP contribution in [0.2, 0.25) is 0 Å². The third-order valence-electron chi connectivity index (χ3n) is 4.90.